The van der Waals surface area contributed by atoms with Gasteiger partial charge >= 0.3 is 0 Å². The van der Waals surface area contributed by atoms with Crippen LogP contribution in [-0.4, -0.2) is 4.57 Å². The molecular formula is C62H46N2. The minimum absolute atomic E-state index is 0.179. The number of para-hydroxylation sites is 1. The fourth-order valence-corrected chi connectivity index (χ4v) is 10.5. The van der Waals surface area contributed by atoms with Gasteiger partial charge in [-0.2, -0.15) is 0 Å². The van der Waals surface area contributed by atoms with E-state index in [0.717, 1.165) is 28.3 Å². The Bertz CT molecular complexity index is 3580. The van der Waals surface area contributed by atoms with E-state index in [1.165, 1.54) is 88.3 Å². The summed E-state index contributed by atoms with van der Waals surface area (Å²) in [5.41, 5.74) is 20.5. The van der Waals surface area contributed by atoms with E-state index in [1.807, 2.05) is 0 Å². The molecule has 0 bridgehead atoms. The van der Waals surface area contributed by atoms with Gasteiger partial charge in [0.1, 0.15) is 0 Å². The molecule has 0 saturated heterocycles. The van der Waals surface area contributed by atoms with Crippen LogP contribution in [-0.2, 0) is 5.41 Å². The molecule has 0 N–H and O–H groups in total. The zero-order valence-electron chi connectivity index (χ0n) is 36.3. The van der Waals surface area contributed by atoms with Gasteiger partial charge in [0.15, 0.2) is 0 Å². The van der Waals surface area contributed by atoms with Gasteiger partial charge in [0.05, 0.1) is 16.7 Å². The van der Waals surface area contributed by atoms with Gasteiger partial charge in [-0.05, 0) is 122 Å². The summed E-state index contributed by atoms with van der Waals surface area (Å²) in [6.07, 6.45) is 0. The molecule has 0 amide bonds. The summed E-state index contributed by atoms with van der Waals surface area (Å²) in [6, 6.07) is 82.9. The fraction of sp³-hybridized carbons (Fsp3) is 0.0645. The Labute approximate surface area is 375 Å². The van der Waals surface area contributed by atoms with Crippen LogP contribution in [0.1, 0.15) is 30.5 Å². The summed E-state index contributed by atoms with van der Waals surface area (Å²) < 4.78 is 2.48. The second-order valence-electron chi connectivity index (χ2n) is 17.8. The normalized spacial score (nSPS) is 12.7. The van der Waals surface area contributed by atoms with Crippen LogP contribution in [0.2, 0.25) is 0 Å². The van der Waals surface area contributed by atoms with E-state index in [0.29, 0.717) is 0 Å². The SMILES string of the molecule is Cc1cccc(-c2ccc(N(c3ccc4c(c3)C(C)(C)c3ccc5ccccc5c3-4)c3ccc4c5ccccc5n(-c5ccc(-c6ccccc6)cc5-c5ccccc5)c4c3)cc2)c1. The first kappa shape index (κ1) is 37.8. The average Bonchev–Trinajstić information content (AvgIpc) is 3.79. The van der Waals surface area contributed by atoms with Crippen LogP contribution in [0.4, 0.5) is 17.1 Å². The Kier molecular flexibility index (Phi) is 8.77. The van der Waals surface area contributed by atoms with Crippen molar-refractivity contribution in [1.29, 1.82) is 0 Å². The highest BCUT2D eigenvalue weighted by molar-refractivity contribution is 6.11. The average molecular weight is 819 g/mol. The maximum absolute atomic E-state index is 2.48. The van der Waals surface area contributed by atoms with E-state index in [2.05, 4.69) is 255 Å². The van der Waals surface area contributed by atoms with Crippen molar-refractivity contribution in [3.63, 3.8) is 0 Å². The monoisotopic (exact) mass is 818 g/mol. The highest BCUT2D eigenvalue weighted by atomic mass is 15.1. The van der Waals surface area contributed by atoms with Gasteiger partial charge in [-0.1, -0.05) is 189 Å². The number of rotatable bonds is 7. The third kappa shape index (κ3) is 6.09. The van der Waals surface area contributed by atoms with E-state index in [4.69, 9.17) is 0 Å². The van der Waals surface area contributed by atoms with Crippen molar-refractivity contribution in [3.05, 3.63) is 241 Å². The first-order valence-electron chi connectivity index (χ1n) is 22.3. The second kappa shape index (κ2) is 14.9. The molecule has 0 spiro atoms. The highest BCUT2D eigenvalue weighted by Gasteiger charge is 2.37. The van der Waals surface area contributed by atoms with Crippen molar-refractivity contribution in [1.82, 2.24) is 4.57 Å². The lowest BCUT2D eigenvalue weighted by molar-refractivity contribution is 0.661. The highest BCUT2D eigenvalue weighted by Crippen LogP contribution is 2.53. The molecule has 0 saturated carbocycles. The van der Waals surface area contributed by atoms with Crippen molar-refractivity contribution >= 4 is 49.6 Å². The third-order valence-corrected chi connectivity index (χ3v) is 13.6. The van der Waals surface area contributed by atoms with Crippen LogP contribution < -0.4 is 4.90 Å². The quantitative estimate of drug-likeness (QED) is 0.156. The molecule has 0 atom stereocenters. The smallest absolute Gasteiger partial charge is 0.0562 e. The van der Waals surface area contributed by atoms with Crippen LogP contribution in [0.15, 0.2) is 224 Å². The summed E-state index contributed by atoms with van der Waals surface area (Å²) in [5.74, 6) is 0. The number of benzene rings is 10. The van der Waals surface area contributed by atoms with Crippen molar-refractivity contribution in [2.24, 2.45) is 0 Å². The fourth-order valence-electron chi connectivity index (χ4n) is 10.5. The van der Waals surface area contributed by atoms with E-state index in [1.54, 1.807) is 0 Å². The molecule has 2 heteroatoms. The van der Waals surface area contributed by atoms with Gasteiger partial charge in [0.25, 0.3) is 0 Å². The van der Waals surface area contributed by atoms with Crippen LogP contribution in [0.25, 0.3) is 82.8 Å². The minimum Gasteiger partial charge on any atom is -0.310 e. The van der Waals surface area contributed by atoms with Crippen molar-refractivity contribution in [2.75, 3.05) is 4.90 Å². The molecule has 1 aliphatic carbocycles. The van der Waals surface area contributed by atoms with Gasteiger partial charge in [0.2, 0.25) is 0 Å². The molecule has 11 aromatic rings. The van der Waals surface area contributed by atoms with Crippen LogP contribution in [0, 0.1) is 6.92 Å². The number of aryl methyl sites for hydroxylation is 1. The predicted molar refractivity (Wildman–Crippen MR) is 272 cm³/mol. The molecule has 12 rings (SSSR count). The number of anilines is 3. The Hall–Kier alpha value is -7.94. The molecule has 0 unspecified atom stereocenters. The lowest BCUT2D eigenvalue weighted by atomic mass is 9.82. The molecule has 2 nitrogen and oxygen atoms in total. The Morgan fingerprint density at radius 1 is 0.375 bits per heavy atom. The molecule has 1 heterocycles. The molecule has 1 aromatic heterocycles. The van der Waals surface area contributed by atoms with E-state index >= 15 is 0 Å². The molecule has 0 radical (unpaired) electrons. The number of fused-ring (bicyclic) bond motifs is 8. The first-order valence-corrected chi connectivity index (χ1v) is 22.3. The maximum Gasteiger partial charge on any atom is 0.0562 e. The molecule has 304 valence electrons. The zero-order valence-corrected chi connectivity index (χ0v) is 36.3. The third-order valence-electron chi connectivity index (χ3n) is 13.6. The van der Waals surface area contributed by atoms with Gasteiger partial charge < -0.3 is 9.47 Å². The molecule has 10 aromatic carbocycles. The number of hydrogen-bond donors (Lipinski definition) is 0. The van der Waals surface area contributed by atoms with Crippen molar-refractivity contribution < 1.29 is 0 Å². The molecule has 0 fully saturated rings. The summed E-state index contributed by atoms with van der Waals surface area (Å²) >= 11 is 0. The van der Waals surface area contributed by atoms with Gasteiger partial charge in [0, 0.05) is 38.8 Å². The molecule has 0 aliphatic heterocycles. The van der Waals surface area contributed by atoms with Crippen LogP contribution >= 0.6 is 0 Å². The standard InChI is InChI=1S/C62H46N2/c1-41-15-14-21-46(37-41)43-25-29-48(30-26-43)63(49-32-34-54-57(39-49)62(2,3)56-35-27-45-20-10-11-22-51(45)61(54)56)50-31-33-53-52-23-12-13-24-58(52)64(60(53)40-50)59-36-28-47(42-16-6-4-7-17-42)38-55(59)44-18-8-5-9-19-44/h4-40H,1-3H3. The van der Waals surface area contributed by atoms with Gasteiger partial charge in [-0.25, -0.2) is 0 Å². The van der Waals surface area contributed by atoms with Gasteiger partial charge in [-0.3, -0.25) is 0 Å². The number of hydrogen-bond acceptors (Lipinski definition) is 1. The number of aromatic nitrogens is 1. The largest absolute Gasteiger partial charge is 0.310 e. The molecule has 64 heavy (non-hydrogen) atoms. The van der Waals surface area contributed by atoms with Crippen molar-refractivity contribution in [3.8, 4) is 50.2 Å². The van der Waals surface area contributed by atoms with Crippen LogP contribution in [0.5, 0.6) is 0 Å². The zero-order chi connectivity index (χ0) is 42.9. The molecular weight excluding hydrogens is 773 g/mol. The lowest BCUT2D eigenvalue weighted by Gasteiger charge is -2.28. The van der Waals surface area contributed by atoms with E-state index in [-0.39, 0.29) is 5.41 Å². The summed E-state index contributed by atoms with van der Waals surface area (Å²) in [5, 5.41) is 5.04. The molecule has 1 aliphatic rings. The van der Waals surface area contributed by atoms with Gasteiger partial charge in [-0.15, -0.1) is 0 Å². The predicted octanol–water partition coefficient (Wildman–Crippen LogP) is 17.0. The van der Waals surface area contributed by atoms with Crippen molar-refractivity contribution in [2.45, 2.75) is 26.2 Å². The summed E-state index contributed by atoms with van der Waals surface area (Å²) in [6.45, 7) is 6.93. The topological polar surface area (TPSA) is 8.17 Å². The maximum atomic E-state index is 2.48. The second-order valence-corrected chi connectivity index (χ2v) is 17.8. The van der Waals surface area contributed by atoms with E-state index in [9.17, 15) is 0 Å². The minimum atomic E-state index is -0.179. The van der Waals surface area contributed by atoms with E-state index < -0.39 is 0 Å². The number of nitrogens with zero attached hydrogens (tertiary/aromatic N) is 2. The summed E-state index contributed by atoms with van der Waals surface area (Å²) in [4.78, 5) is 2.45. The summed E-state index contributed by atoms with van der Waals surface area (Å²) in [7, 11) is 0. The van der Waals surface area contributed by atoms with Crippen LogP contribution in [0.3, 0.4) is 0 Å². The lowest BCUT2D eigenvalue weighted by Crippen LogP contribution is -2.16. The Morgan fingerprint density at radius 3 is 1.78 bits per heavy atom. The Morgan fingerprint density at radius 2 is 0.984 bits per heavy atom. The Balaban J connectivity index is 1.08. The first-order chi connectivity index (χ1) is 31.4.